The SMILES string of the molecule is Cc1cc(SCCC(C)Oc2ccc(C(F)(F)F)cc2Oc2ccccc2)ccc1OCC(=O)O. The lowest BCUT2D eigenvalue weighted by Crippen LogP contribution is -2.14. The van der Waals surface area contributed by atoms with Gasteiger partial charge in [0.2, 0.25) is 0 Å². The first-order valence-corrected chi connectivity index (χ1v) is 11.8. The van der Waals surface area contributed by atoms with Gasteiger partial charge >= 0.3 is 12.1 Å². The minimum atomic E-state index is -4.50. The van der Waals surface area contributed by atoms with E-state index >= 15 is 0 Å². The molecule has 9 heteroatoms. The van der Waals surface area contributed by atoms with E-state index in [-0.39, 0.29) is 17.6 Å². The fourth-order valence-electron chi connectivity index (χ4n) is 3.11. The van der Waals surface area contributed by atoms with E-state index in [1.807, 2.05) is 26.0 Å². The molecular weight excluding hydrogens is 481 g/mol. The van der Waals surface area contributed by atoms with Crippen molar-refractivity contribution in [1.82, 2.24) is 0 Å². The van der Waals surface area contributed by atoms with Crippen LogP contribution in [0.1, 0.15) is 24.5 Å². The number of para-hydroxylation sites is 1. The van der Waals surface area contributed by atoms with Crippen molar-refractivity contribution < 1.29 is 37.3 Å². The van der Waals surface area contributed by atoms with Gasteiger partial charge in [-0.3, -0.25) is 0 Å². The average molecular weight is 507 g/mol. The molecule has 35 heavy (non-hydrogen) atoms. The van der Waals surface area contributed by atoms with Crippen molar-refractivity contribution in [3.63, 3.8) is 0 Å². The zero-order valence-corrected chi connectivity index (χ0v) is 20.0. The highest BCUT2D eigenvalue weighted by molar-refractivity contribution is 7.99. The van der Waals surface area contributed by atoms with Crippen LogP contribution in [0.25, 0.3) is 0 Å². The van der Waals surface area contributed by atoms with Crippen molar-refractivity contribution in [2.24, 2.45) is 0 Å². The number of benzene rings is 3. The molecule has 0 spiro atoms. The molecule has 5 nitrogen and oxygen atoms in total. The molecule has 3 rings (SSSR count). The van der Waals surface area contributed by atoms with Crippen molar-refractivity contribution >= 4 is 17.7 Å². The fraction of sp³-hybridized carbons (Fsp3) is 0.269. The number of thioether (sulfide) groups is 1. The van der Waals surface area contributed by atoms with Crippen LogP contribution in [0.2, 0.25) is 0 Å². The van der Waals surface area contributed by atoms with Crippen LogP contribution in [0.15, 0.2) is 71.6 Å². The summed E-state index contributed by atoms with van der Waals surface area (Å²) in [6.07, 6.45) is -4.15. The first-order chi connectivity index (χ1) is 16.6. The summed E-state index contributed by atoms with van der Waals surface area (Å²) < 4.78 is 56.6. The summed E-state index contributed by atoms with van der Waals surface area (Å²) in [5.41, 5.74) is 0.0122. The maximum absolute atomic E-state index is 13.2. The van der Waals surface area contributed by atoms with Gasteiger partial charge in [0.05, 0.1) is 11.7 Å². The lowest BCUT2D eigenvalue weighted by Gasteiger charge is -2.19. The van der Waals surface area contributed by atoms with Gasteiger partial charge in [-0.15, -0.1) is 11.8 Å². The summed E-state index contributed by atoms with van der Waals surface area (Å²) in [5.74, 6) is 0.814. The molecule has 0 fully saturated rings. The summed E-state index contributed by atoms with van der Waals surface area (Å²) in [4.78, 5) is 11.6. The summed E-state index contributed by atoms with van der Waals surface area (Å²) in [5, 5.41) is 8.74. The van der Waals surface area contributed by atoms with E-state index in [0.29, 0.717) is 23.7 Å². The Bertz CT molecular complexity index is 1140. The highest BCUT2D eigenvalue weighted by Crippen LogP contribution is 2.39. The number of rotatable bonds is 11. The average Bonchev–Trinajstić information content (AvgIpc) is 2.79. The third kappa shape index (κ3) is 8.13. The zero-order valence-electron chi connectivity index (χ0n) is 19.2. The van der Waals surface area contributed by atoms with Crippen LogP contribution in [0.3, 0.4) is 0 Å². The molecule has 1 N–H and O–H groups in total. The van der Waals surface area contributed by atoms with Gasteiger partial charge in [-0.1, -0.05) is 18.2 Å². The van der Waals surface area contributed by atoms with Crippen LogP contribution < -0.4 is 14.2 Å². The van der Waals surface area contributed by atoms with Crippen LogP contribution in [0.5, 0.6) is 23.0 Å². The van der Waals surface area contributed by atoms with Crippen molar-refractivity contribution in [3.8, 4) is 23.0 Å². The van der Waals surface area contributed by atoms with Crippen LogP contribution in [0, 0.1) is 6.92 Å². The van der Waals surface area contributed by atoms with Gasteiger partial charge in [0.15, 0.2) is 18.1 Å². The molecule has 0 bridgehead atoms. The number of aliphatic carboxylic acids is 1. The third-order valence-corrected chi connectivity index (χ3v) is 5.89. The molecule has 0 aromatic heterocycles. The summed E-state index contributed by atoms with van der Waals surface area (Å²) in [7, 11) is 0. The maximum Gasteiger partial charge on any atom is 0.416 e. The molecule has 1 unspecified atom stereocenters. The van der Waals surface area contributed by atoms with E-state index in [9.17, 15) is 18.0 Å². The Labute approximate surface area is 205 Å². The normalized spacial score (nSPS) is 12.1. The number of halogens is 3. The second-order valence-corrected chi connectivity index (χ2v) is 8.92. The van der Waals surface area contributed by atoms with Gasteiger partial charge in [0, 0.05) is 10.6 Å². The molecule has 0 heterocycles. The van der Waals surface area contributed by atoms with Gasteiger partial charge in [-0.2, -0.15) is 13.2 Å². The van der Waals surface area contributed by atoms with Crippen LogP contribution in [0.4, 0.5) is 13.2 Å². The van der Waals surface area contributed by atoms with Crippen molar-refractivity contribution in [3.05, 3.63) is 77.9 Å². The van der Waals surface area contributed by atoms with E-state index in [2.05, 4.69) is 0 Å². The number of aryl methyl sites for hydroxylation is 1. The fourth-order valence-corrected chi connectivity index (χ4v) is 4.22. The van der Waals surface area contributed by atoms with Crippen LogP contribution >= 0.6 is 11.8 Å². The van der Waals surface area contributed by atoms with Gasteiger partial charge in [-0.25, -0.2) is 4.79 Å². The minimum absolute atomic E-state index is 0.00176. The smallest absolute Gasteiger partial charge is 0.416 e. The number of carboxylic acid groups (broad SMARTS) is 1. The lowest BCUT2D eigenvalue weighted by atomic mass is 10.2. The molecule has 0 aliphatic carbocycles. The molecule has 1 atom stereocenters. The topological polar surface area (TPSA) is 65.0 Å². The number of hydrogen-bond donors (Lipinski definition) is 1. The molecule has 0 radical (unpaired) electrons. The molecule has 0 aliphatic rings. The number of ether oxygens (including phenoxy) is 3. The van der Waals surface area contributed by atoms with E-state index < -0.39 is 24.3 Å². The summed E-state index contributed by atoms with van der Waals surface area (Å²) in [6, 6.07) is 17.3. The summed E-state index contributed by atoms with van der Waals surface area (Å²) in [6.45, 7) is 3.28. The zero-order chi connectivity index (χ0) is 25.4. The molecule has 0 saturated carbocycles. The first kappa shape index (κ1) is 26.3. The van der Waals surface area contributed by atoms with Gasteiger partial charge in [0.25, 0.3) is 0 Å². The summed E-state index contributed by atoms with van der Waals surface area (Å²) >= 11 is 1.59. The Morgan fingerprint density at radius 2 is 1.71 bits per heavy atom. The molecular formula is C26H25F3O5S. The van der Waals surface area contributed by atoms with E-state index in [4.69, 9.17) is 19.3 Å². The number of carboxylic acids is 1. The highest BCUT2D eigenvalue weighted by Gasteiger charge is 2.31. The second-order valence-electron chi connectivity index (χ2n) is 7.75. The standard InChI is InChI=1S/C26H25F3O5S/c1-17-14-21(9-11-22(17)32-16-25(30)31)35-13-12-18(2)33-23-10-8-19(26(27,28)29)15-24(23)34-20-6-4-3-5-7-20/h3-11,14-15,18H,12-13,16H2,1-2H3,(H,30,31). The number of alkyl halides is 3. The van der Waals surface area contributed by atoms with E-state index in [1.165, 1.54) is 6.07 Å². The Hall–Kier alpha value is -3.33. The minimum Gasteiger partial charge on any atom is -0.487 e. The van der Waals surface area contributed by atoms with Crippen LogP contribution in [-0.4, -0.2) is 29.5 Å². The monoisotopic (exact) mass is 506 g/mol. The van der Waals surface area contributed by atoms with Crippen molar-refractivity contribution in [2.75, 3.05) is 12.4 Å². The Morgan fingerprint density at radius 1 is 1.00 bits per heavy atom. The van der Waals surface area contributed by atoms with Crippen molar-refractivity contribution in [1.29, 1.82) is 0 Å². The molecule has 0 amide bonds. The van der Waals surface area contributed by atoms with Gasteiger partial charge < -0.3 is 19.3 Å². The molecule has 0 aliphatic heterocycles. The maximum atomic E-state index is 13.2. The molecule has 0 saturated heterocycles. The Balaban J connectivity index is 1.61. The predicted octanol–water partition coefficient (Wildman–Crippen LogP) is 7.22. The molecule has 3 aromatic carbocycles. The van der Waals surface area contributed by atoms with Gasteiger partial charge in [-0.05, 0) is 74.4 Å². The third-order valence-electron chi connectivity index (χ3n) is 4.86. The largest absolute Gasteiger partial charge is 0.487 e. The Kier molecular flexibility index (Phi) is 8.92. The van der Waals surface area contributed by atoms with Crippen LogP contribution in [-0.2, 0) is 11.0 Å². The molecule has 186 valence electrons. The number of hydrogen-bond acceptors (Lipinski definition) is 5. The quantitative estimate of drug-likeness (QED) is 0.277. The van der Waals surface area contributed by atoms with E-state index in [0.717, 1.165) is 22.6 Å². The van der Waals surface area contributed by atoms with Crippen molar-refractivity contribution in [2.45, 2.75) is 37.4 Å². The Morgan fingerprint density at radius 3 is 2.37 bits per heavy atom. The second kappa shape index (κ2) is 11.9. The van der Waals surface area contributed by atoms with Gasteiger partial charge in [0.1, 0.15) is 11.5 Å². The lowest BCUT2D eigenvalue weighted by molar-refractivity contribution is -0.139. The first-order valence-electron chi connectivity index (χ1n) is 10.8. The molecule has 3 aromatic rings. The highest BCUT2D eigenvalue weighted by atomic mass is 32.2. The number of carbonyl (C=O) groups is 1. The van der Waals surface area contributed by atoms with E-state index in [1.54, 1.807) is 48.2 Å². The predicted molar refractivity (Wildman–Crippen MR) is 128 cm³/mol.